The van der Waals surface area contributed by atoms with E-state index in [1.54, 1.807) is 18.2 Å². The molecule has 1 aliphatic rings. The third-order valence-electron chi connectivity index (χ3n) is 4.81. The Morgan fingerprint density at radius 1 is 1.22 bits per heavy atom. The lowest BCUT2D eigenvalue weighted by atomic mass is 10.1. The number of benzene rings is 2. The van der Waals surface area contributed by atoms with Gasteiger partial charge in [-0.05, 0) is 31.1 Å². The van der Waals surface area contributed by atoms with Gasteiger partial charge in [-0.3, -0.25) is 14.5 Å². The second-order valence-electron chi connectivity index (χ2n) is 7.22. The zero-order chi connectivity index (χ0) is 23.3. The van der Waals surface area contributed by atoms with Crippen LogP contribution in [-0.4, -0.2) is 38.2 Å². The number of primary amides is 1. The van der Waals surface area contributed by atoms with Crippen LogP contribution in [0.2, 0.25) is 0 Å². The lowest BCUT2D eigenvalue weighted by Gasteiger charge is -2.22. The van der Waals surface area contributed by atoms with Gasteiger partial charge in [-0.15, -0.1) is 0 Å². The van der Waals surface area contributed by atoms with Crippen molar-refractivity contribution in [2.45, 2.75) is 32.4 Å². The van der Waals surface area contributed by atoms with Gasteiger partial charge in [0.05, 0.1) is 4.91 Å². The Morgan fingerprint density at radius 2 is 1.91 bits per heavy atom. The number of para-hydroxylation sites is 1. The van der Waals surface area contributed by atoms with Crippen molar-refractivity contribution in [1.29, 1.82) is 0 Å². The number of ether oxygens (including phenoxy) is 1. The molecule has 2 aromatic rings. The summed E-state index contributed by atoms with van der Waals surface area (Å²) in [4.78, 5) is 37.1. The molecule has 166 valence electrons. The molecule has 1 aliphatic heterocycles. The molecule has 7 nitrogen and oxygen atoms in total. The number of carboxylic acid groups (broad SMARTS) is 1. The number of nitrogens with zero attached hydrogens (tertiary/aromatic N) is 1. The van der Waals surface area contributed by atoms with E-state index in [-0.39, 0.29) is 22.1 Å². The van der Waals surface area contributed by atoms with Crippen LogP contribution in [0.4, 0.5) is 0 Å². The van der Waals surface area contributed by atoms with Gasteiger partial charge in [0.25, 0.3) is 5.91 Å². The molecule has 0 aromatic heterocycles. The van der Waals surface area contributed by atoms with E-state index < -0.39 is 23.8 Å². The number of hydrogen-bond donors (Lipinski definition) is 2. The smallest absolute Gasteiger partial charge is 0.326 e. The fraction of sp³-hybridized carbons (Fsp3) is 0.217. The summed E-state index contributed by atoms with van der Waals surface area (Å²) >= 11 is 6.28. The Labute approximate surface area is 195 Å². The number of thiocarbonyl (C=S) groups is 1. The highest BCUT2D eigenvalue weighted by Crippen LogP contribution is 2.36. The molecule has 32 heavy (non-hydrogen) atoms. The normalized spacial score (nSPS) is 15.8. The van der Waals surface area contributed by atoms with Crippen LogP contribution in [-0.2, 0) is 21.0 Å². The lowest BCUT2D eigenvalue weighted by molar-refractivity contribution is -0.145. The van der Waals surface area contributed by atoms with Gasteiger partial charge in [-0.25, -0.2) is 4.79 Å². The van der Waals surface area contributed by atoms with Crippen LogP contribution < -0.4 is 10.5 Å². The number of carboxylic acids is 1. The number of nitrogens with two attached hydrogens (primary N) is 1. The molecular weight excluding hydrogens is 448 g/mol. The standard InChI is InChI=1S/C23H22N2O5S2/c1-14-6-8-15(9-7-14)13-30-18-5-3-2-4-16(18)12-19-21(27)25(23(31)32-19)17(22(28)29)10-11-20(24)26/h2-9,12,17H,10-11,13H2,1H3,(H2,24,26)(H,28,29)/b19-12-. The van der Waals surface area contributed by atoms with Crippen molar-refractivity contribution in [3.63, 3.8) is 0 Å². The molecule has 9 heteroatoms. The van der Waals surface area contributed by atoms with E-state index in [1.807, 2.05) is 43.3 Å². The molecule has 2 aromatic carbocycles. The minimum atomic E-state index is -1.26. The molecular formula is C23H22N2O5S2. The van der Waals surface area contributed by atoms with E-state index in [4.69, 9.17) is 22.7 Å². The molecule has 2 amide bonds. The average molecular weight is 471 g/mol. The van der Waals surface area contributed by atoms with E-state index in [0.717, 1.165) is 27.8 Å². The van der Waals surface area contributed by atoms with Crippen molar-refractivity contribution in [2.75, 3.05) is 0 Å². The van der Waals surface area contributed by atoms with Crippen LogP contribution in [0, 0.1) is 6.92 Å². The SMILES string of the molecule is Cc1ccc(COc2ccccc2/C=C2\SC(=S)N(C(CCC(N)=O)C(=O)O)C2=O)cc1. The average Bonchev–Trinajstić information content (AvgIpc) is 3.02. The summed E-state index contributed by atoms with van der Waals surface area (Å²) in [5, 5.41) is 9.54. The summed E-state index contributed by atoms with van der Waals surface area (Å²) in [7, 11) is 0. The van der Waals surface area contributed by atoms with Gasteiger partial charge in [0.15, 0.2) is 0 Å². The van der Waals surface area contributed by atoms with Crippen molar-refractivity contribution in [3.8, 4) is 5.75 Å². The van der Waals surface area contributed by atoms with E-state index in [9.17, 15) is 19.5 Å². The molecule has 0 radical (unpaired) electrons. The molecule has 3 rings (SSSR count). The number of carbonyl (C=O) groups excluding carboxylic acids is 2. The minimum absolute atomic E-state index is 0.110. The molecule has 0 spiro atoms. The first kappa shape index (κ1) is 23.5. The second-order valence-corrected chi connectivity index (χ2v) is 8.90. The van der Waals surface area contributed by atoms with Gasteiger partial charge < -0.3 is 15.6 Å². The Bertz CT molecular complexity index is 1080. The molecule has 1 saturated heterocycles. The van der Waals surface area contributed by atoms with E-state index in [0.29, 0.717) is 17.9 Å². The number of hydrogen-bond acceptors (Lipinski definition) is 6. The van der Waals surface area contributed by atoms with Crippen LogP contribution in [0.15, 0.2) is 53.4 Å². The first-order valence-corrected chi connectivity index (χ1v) is 11.0. The Kier molecular flexibility index (Phi) is 7.66. The minimum Gasteiger partial charge on any atom is -0.488 e. The summed E-state index contributed by atoms with van der Waals surface area (Å²) in [6.07, 6.45) is 1.36. The third kappa shape index (κ3) is 5.74. The number of carbonyl (C=O) groups is 3. The predicted octanol–water partition coefficient (Wildman–Crippen LogP) is 3.49. The van der Waals surface area contributed by atoms with Crippen molar-refractivity contribution in [1.82, 2.24) is 4.90 Å². The molecule has 1 atom stereocenters. The summed E-state index contributed by atoms with van der Waals surface area (Å²) in [5.74, 6) is -1.82. The van der Waals surface area contributed by atoms with Gasteiger partial charge in [0.1, 0.15) is 22.7 Å². The van der Waals surface area contributed by atoms with Gasteiger partial charge in [0, 0.05) is 12.0 Å². The number of thioether (sulfide) groups is 1. The predicted molar refractivity (Wildman–Crippen MR) is 127 cm³/mol. The van der Waals surface area contributed by atoms with Gasteiger partial charge >= 0.3 is 5.97 Å². The number of aliphatic carboxylic acids is 1. The monoisotopic (exact) mass is 470 g/mol. The van der Waals surface area contributed by atoms with Crippen LogP contribution in [0.1, 0.15) is 29.5 Å². The fourth-order valence-corrected chi connectivity index (χ4v) is 4.46. The first-order valence-electron chi connectivity index (χ1n) is 9.82. The second kappa shape index (κ2) is 10.4. The molecule has 1 fully saturated rings. The summed E-state index contributed by atoms with van der Waals surface area (Å²) in [6.45, 7) is 2.37. The maximum absolute atomic E-state index is 13.0. The Morgan fingerprint density at radius 3 is 2.56 bits per heavy atom. The van der Waals surface area contributed by atoms with Gasteiger partial charge in [-0.2, -0.15) is 0 Å². The Balaban J connectivity index is 1.80. The van der Waals surface area contributed by atoms with Crippen molar-refractivity contribution in [2.24, 2.45) is 5.73 Å². The van der Waals surface area contributed by atoms with Crippen LogP contribution >= 0.6 is 24.0 Å². The first-order chi connectivity index (χ1) is 15.3. The highest BCUT2D eigenvalue weighted by atomic mass is 32.2. The van der Waals surface area contributed by atoms with Crippen molar-refractivity contribution in [3.05, 3.63) is 70.1 Å². The van der Waals surface area contributed by atoms with Gasteiger partial charge in [0.2, 0.25) is 5.91 Å². The summed E-state index contributed by atoms with van der Waals surface area (Å²) < 4.78 is 6.08. The van der Waals surface area contributed by atoms with E-state index in [2.05, 4.69) is 0 Å². The number of aryl methyl sites for hydroxylation is 1. The zero-order valence-corrected chi connectivity index (χ0v) is 18.9. The molecule has 0 bridgehead atoms. The summed E-state index contributed by atoms with van der Waals surface area (Å²) in [5.41, 5.74) is 7.97. The van der Waals surface area contributed by atoms with Crippen LogP contribution in [0.3, 0.4) is 0 Å². The molecule has 1 unspecified atom stereocenters. The van der Waals surface area contributed by atoms with Crippen LogP contribution in [0.25, 0.3) is 6.08 Å². The largest absolute Gasteiger partial charge is 0.488 e. The maximum Gasteiger partial charge on any atom is 0.326 e. The van der Waals surface area contributed by atoms with Gasteiger partial charge in [-0.1, -0.05) is 72.0 Å². The lowest BCUT2D eigenvalue weighted by Crippen LogP contribution is -2.44. The highest BCUT2D eigenvalue weighted by Gasteiger charge is 2.40. The van der Waals surface area contributed by atoms with Crippen molar-refractivity contribution < 1.29 is 24.2 Å². The molecule has 0 saturated carbocycles. The Hall–Kier alpha value is -3.17. The fourth-order valence-electron chi connectivity index (χ4n) is 3.11. The highest BCUT2D eigenvalue weighted by molar-refractivity contribution is 8.26. The molecule has 3 N–H and O–H groups in total. The molecule has 0 aliphatic carbocycles. The quantitative estimate of drug-likeness (QED) is 0.426. The number of rotatable bonds is 9. The topological polar surface area (TPSA) is 110 Å². The molecule has 1 heterocycles. The van der Waals surface area contributed by atoms with Crippen molar-refractivity contribution >= 4 is 52.2 Å². The van der Waals surface area contributed by atoms with E-state index in [1.165, 1.54) is 0 Å². The zero-order valence-electron chi connectivity index (χ0n) is 17.3. The third-order valence-corrected chi connectivity index (χ3v) is 6.14. The number of amides is 2. The maximum atomic E-state index is 13.0. The van der Waals surface area contributed by atoms with E-state index >= 15 is 0 Å². The van der Waals surface area contributed by atoms with Crippen LogP contribution in [0.5, 0.6) is 5.75 Å². The summed E-state index contributed by atoms with van der Waals surface area (Å²) in [6, 6.07) is 14.0.